The zero-order valence-corrected chi connectivity index (χ0v) is 19.4. The van der Waals surface area contributed by atoms with Crippen LogP contribution in [0.25, 0.3) is 0 Å². The number of esters is 1. The van der Waals surface area contributed by atoms with Gasteiger partial charge in [-0.05, 0) is 17.7 Å². The van der Waals surface area contributed by atoms with Crippen molar-refractivity contribution in [2.45, 2.75) is 50.2 Å². The van der Waals surface area contributed by atoms with Crippen LogP contribution in [0.4, 0.5) is 0 Å². The second-order valence-corrected chi connectivity index (χ2v) is 8.42. The molecule has 12 heteroatoms. The Hall–Kier alpha value is -3.58. The molecule has 0 saturated carbocycles. The van der Waals surface area contributed by atoms with Crippen molar-refractivity contribution in [3.63, 3.8) is 0 Å². The second-order valence-electron chi connectivity index (χ2n) is 8.42. The smallest absolute Gasteiger partial charge is 0.302 e. The van der Waals surface area contributed by atoms with Gasteiger partial charge in [0, 0.05) is 19.1 Å². The zero-order valence-electron chi connectivity index (χ0n) is 19.4. The normalized spacial score (nSPS) is 27.5. The summed E-state index contributed by atoms with van der Waals surface area (Å²) in [5.41, 5.74) is 0.489. The standard InChI is InChI=1S/C24H26O12/c1-10(25)33-9-19-21(29)22(30)23(31)24(36-19)34-12-6-14(27)20-15(28)8-16(35-18(20)7-12)11-3-4-13(26)17(5-11)32-2/h3-7,16,19,21-24,26-27,29-31H,8-9H2,1-2H3/t16-,19+,21+,22+,23+,24+/m1/s1. The number of phenolic OH excluding ortho intramolecular Hbond substituents is 2. The number of Topliss-reactive ketones (excluding diaryl/α,β-unsaturated/α-hetero) is 1. The fourth-order valence-electron chi connectivity index (χ4n) is 4.05. The number of carbonyl (C=O) groups excluding carboxylic acids is 2. The summed E-state index contributed by atoms with van der Waals surface area (Å²) in [4.78, 5) is 23.9. The fraction of sp³-hybridized carbons (Fsp3) is 0.417. The third-order valence-corrected chi connectivity index (χ3v) is 5.92. The molecule has 2 aliphatic rings. The summed E-state index contributed by atoms with van der Waals surface area (Å²) in [5, 5.41) is 51.0. The zero-order chi connectivity index (χ0) is 26.1. The van der Waals surface area contributed by atoms with E-state index in [1.807, 2.05) is 0 Å². The first-order chi connectivity index (χ1) is 17.1. The molecule has 0 bridgehead atoms. The van der Waals surface area contributed by atoms with E-state index in [0.717, 1.165) is 13.0 Å². The van der Waals surface area contributed by atoms with Gasteiger partial charge in [0.05, 0.1) is 13.5 Å². The van der Waals surface area contributed by atoms with Crippen molar-refractivity contribution in [1.29, 1.82) is 0 Å². The molecule has 6 atom stereocenters. The summed E-state index contributed by atoms with van der Waals surface area (Å²) in [6.07, 6.45) is -8.47. The highest BCUT2D eigenvalue weighted by Gasteiger charge is 2.45. The monoisotopic (exact) mass is 506 g/mol. The van der Waals surface area contributed by atoms with Crippen LogP contribution in [-0.2, 0) is 14.3 Å². The molecule has 194 valence electrons. The van der Waals surface area contributed by atoms with Crippen LogP contribution >= 0.6 is 0 Å². The summed E-state index contributed by atoms with van der Waals surface area (Å²) < 4.78 is 27.0. The Kier molecular flexibility index (Phi) is 7.22. The SMILES string of the molecule is COc1cc([C@H]2CC(=O)c3c(O)cc(O[C@H]4O[C@@H](COC(C)=O)[C@H](O)[C@H](O)[C@@H]4O)cc3O2)ccc1O. The van der Waals surface area contributed by atoms with E-state index < -0.39 is 60.9 Å². The lowest BCUT2D eigenvalue weighted by Crippen LogP contribution is -2.60. The van der Waals surface area contributed by atoms with Crippen LogP contribution in [-0.4, -0.2) is 81.7 Å². The van der Waals surface area contributed by atoms with Crippen LogP contribution in [0.1, 0.15) is 35.4 Å². The van der Waals surface area contributed by atoms with E-state index >= 15 is 0 Å². The maximum Gasteiger partial charge on any atom is 0.302 e. The van der Waals surface area contributed by atoms with E-state index in [-0.39, 0.29) is 35.0 Å². The van der Waals surface area contributed by atoms with Gasteiger partial charge in [-0.25, -0.2) is 0 Å². The number of ether oxygens (including phenoxy) is 5. The average Bonchev–Trinajstić information content (AvgIpc) is 2.83. The average molecular weight is 506 g/mol. The Morgan fingerprint density at radius 2 is 1.81 bits per heavy atom. The number of fused-ring (bicyclic) bond motifs is 1. The first kappa shape index (κ1) is 25.5. The van der Waals surface area contributed by atoms with Crippen molar-refractivity contribution in [1.82, 2.24) is 0 Å². The highest BCUT2D eigenvalue weighted by Crippen LogP contribution is 2.43. The van der Waals surface area contributed by atoms with Crippen molar-refractivity contribution in [2.24, 2.45) is 0 Å². The molecule has 36 heavy (non-hydrogen) atoms. The van der Waals surface area contributed by atoms with Gasteiger partial charge in [-0.2, -0.15) is 0 Å². The molecule has 0 unspecified atom stereocenters. The molecule has 2 aromatic rings. The van der Waals surface area contributed by atoms with Gasteiger partial charge in [0.25, 0.3) is 0 Å². The molecule has 0 amide bonds. The quantitative estimate of drug-likeness (QED) is 0.344. The third kappa shape index (κ3) is 5.02. The minimum Gasteiger partial charge on any atom is -0.507 e. The van der Waals surface area contributed by atoms with E-state index in [1.165, 1.54) is 25.3 Å². The van der Waals surface area contributed by atoms with E-state index in [0.29, 0.717) is 5.56 Å². The van der Waals surface area contributed by atoms with Gasteiger partial charge in [0.15, 0.2) is 17.3 Å². The predicted molar refractivity (Wildman–Crippen MR) is 119 cm³/mol. The maximum absolute atomic E-state index is 12.8. The largest absolute Gasteiger partial charge is 0.507 e. The first-order valence-corrected chi connectivity index (χ1v) is 11.0. The van der Waals surface area contributed by atoms with Gasteiger partial charge >= 0.3 is 5.97 Å². The molecular formula is C24H26O12. The molecule has 0 aliphatic carbocycles. The van der Waals surface area contributed by atoms with Crippen LogP contribution in [0.5, 0.6) is 28.7 Å². The van der Waals surface area contributed by atoms with Gasteiger partial charge < -0.3 is 49.2 Å². The molecule has 5 N–H and O–H groups in total. The lowest BCUT2D eigenvalue weighted by atomic mass is 9.95. The van der Waals surface area contributed by atoms with Gasteiger partial charge in [-0.1, -0.05) is 6.07 Å². The molecule has 0 radical (unpaired) electrons. The molecule has 2 aromatic carbocycles. The Balaban J connectivity index is 1.57. The van der Waals surface area contributed by atoms with Crippen molar-refractivity contribution in [3.05, 3.63) is 41.5 Å². The number of phenols is 2. The summed E-state index contributed by atoms with van der Waals surface area (Å²) in [7, 11) is 1.39. The predicted octanol–water partition coefficient (Wildman–Crippen LogP) is 0.562. The van der Waals surface area contributed by atoms with Gasteiger partial charge in [0.2, 0.25) is 6.29 Å². The Bertz CT molecular complexity index is 1150. The van der Waals surface area contributed by atoms with Crippen LogP contribution in [0.2, 0.25) is 0 Å². The molecule has 1 saturated heterocycles. The van der Waals surface area contributed by atoms with E-state index in [1.54, 1.807) is 6.07 Å². The summed E-state index contributed by atoms with van der Waals surface area (Å²) in [6, 6.07) is 6.94. The minimum absolute atomic E-state index is 0.000590. The number of aliphatic hydroxyl groups is 3. The molecule has 0 aromatic heterocycles. The highest BCUT2D eigenvalue weighted by atomic mass is 16.7. The molecule has 2 heterocycles. The van der Waals surface area contributed by atoms with Crippen molar-refractivity contribution < 1.29 is 58.8 Å². The molecule has 12 nitrogen and oxygen atoms in total. The van der Waals surface area contributed by atoms with Crippen molar-refractivity contribution in [3.8, 4) is 28.7 Å². The lowest BCUT2D eigenvalue weighted by molar-refractivity contribution is -0.278. The minimum atomic E-state index is -1.69. The molecule has 1 fully saturated rings. The van der Waals surface area contributed by atoms with Crippen LogP contribution in [0.15, 0.2) is 30.3 Å². The first-order valence-electron chi connectivity index (χ1n) is 11.0. The molecule has 4 rings (SSSR count). The highest BCUT2D eigenvalue weighted by molar-refractivity contribution is 6.02. The third-order valence-electron chi connectivity index (χ3n) is 5.92. The van der Waals surface area contributed by atoms with Gasteiger partial charge in [-0.3, -0.25) is 9.59 Å². The van der Waals surface area contributed by atoms with Crippen molar-refractivity contribution in [2.75, 3.05) is 13.7 Å². The van der Waals surface area contributed by atoms with Crippen LogP contribution in [0, 0.1) is 0 Å². The van der Waals surface area contributed by atoms with Gasteiger partial charge in [-0.15, -0.1) is 0 Å². The topological polar surface area (TPSA) is 181 Å². The second kappa shape index (κ2) is 10.2. The number of aliphatic hydroxyl groups excluding tert-OH is 3. The Labute approximate surface area is 205 Å². The van der Waals surface area contributed by atoms with Crippen molar-refractivity contribution >= 4 is 11.8 Å². The van der Waals surface area contributed by atoms with E-state index in [4.69, 9.17) is 23.7 Å². The summed E-state index contributed by atoms with van der Waals surface area (Å²) >= 11 is 0. The van der Waals surface area contributed by atoms with E-state index in [9.17, 15) is 35.1 Å². The number of methoxy groups -OCH3 is 1. The van der Waals surface area contributed by atoms with E-state index in [2.05, 4.69) is 0 Å². The number of ketones is 1. The number of hydrogen-bond donors (Lipinski definition) is 5. The molecule has 0 spiro atoms. The summed E-state index contributed by atoms with van der Waals surface area (Å²) in [5.74, 6) is -1.42. The number of hydrogen-bond acceptors (Lipinski definition) is 12. The molecule has 2 aliphatic heterocycles. The fourth-order valence-corrected chi connectivity index (χ4v) is 4.05. The number of aromatic hydroxyl groups is 2. The lowest BCUT2D eigenvalue weighted by Gasteiger charge is -2.40. The number of carbonyl (C=O) groups is 2. The summed E-state index contributed by atoms with van der Waals surface area (Å²) in [6.45, 7) is 0.762. The molecular weight excluding hydrogens is 480 g/mol. The Morgan fingerprint density at radius 3 is 2.50 bits per heavy atom. The number of rotatable bonds is 6. The van der Waals surface area contributed by atoms with Crippen LogP contribution in [0.3, 0.4) is 0 Å². The maximum atomic E-state index is 12.8. The van der Waals surface area contributed by atoms with Gasteiger partial charge in [0.1, 0.15) is 59.9 Å². The number of benzene rings is 2. The van der Waals surface area contributed by atoms with Crippen LogP contribution < -0.4 is 14.2 Å². The Morgan fingerprint density at radius 1 is 1.06 bits per heavy atom.